The Hall–Kier alpha value is -3.20. The summed E-state index contributed by atoms with van der Waals surface area (Å²) >= 11 is 3.35. The average Bonchev–Trinajstić information content (AvgIpc) is 2.78. The van der Waals surface area contributed by atoms with Crippen molar-refractivity contribution in [2.45, 2.75) is 39.5 Å². The fourth-order valence-electron chi connectivity index (χ4n) is 2.73. The zero-order valence-corrected chi connectivity index (χ0v) is 20.2. The quantitative estimate of drug-likeness (QED) is 0.331. The number of halogens is 1. The van der Waals surface area contributed by atoms with Gasteiger partial charge in [0.15, 0.2) is 6.61 Å². The van der Waals surface area contributed by atoms with Gasteiger partial charge in [0.2, 0.25) is 5.91 Å². The minimum absolute atomic E-state index is 0.128. The molecule has 2 aromatic carbocycles. The van der Waals surface area contributed by atoms with Crippen molar-refractivity contribution in [3.8, 4) is 0 Å². The van der Waals surface area contributed by atoms with Crippen LogP contribution >= 0.6 is 15.9 Å². The van der Waals surface area contributed by atoms with Crippen LogP contribution in [0.1, 0.15) is 48.5 Å². The lowest BCUT2D eigenvalue weighted by Crippen LogP contribution is -2.22. The number of esters is 2. The van der Waals surface area contributed by atoms with Gasteiger partial charge in [0.05, 0.1) is 18.6 Å². The third kappa shape index (κ3) is 9.44. The summed E-state index contributed by atoms with van der Waals surface area (Å²) in [6.45, 7) is 3.74. The van der Waals surface area contributed by atoms with Crippen LogP contribution in [-0.2, 0) is 23.9 Å². The second kappa shape index (κ2) is 13.4. The predicted molar refractivity (Wildman–Crippen MR) is 128 cm³/mol. The summed E-state index contributed by atoms with van der Waals surface area (Å²) in [5.74, 6) is -2.01. The predicted octanol–water partition coefficient (Wildman–Crippen LogP) is 4.62. The van der Waals surface area contributed by atoms with Crippen LogP contribution in [0.25, 0.3) is 0 Å². The maximum atomic E-state index is 12.1. The van der Waals surface area contributed by atoms with Crippen LogP contribution in [-0.4, -0.2) is 37.0 Å². The molecule has 2 aromatic rings. The molecule has 33 heavy (non-hydrogen) atoms. The normalized spacial score (nSPS) is 10.3. The minimum atomic E-state index is -0.666. The lowest BCUT2D eigenvalue weighted by Gasteiger charge is -2.10. The Labute approximate surface area is 201 Å². The molecule has 0 atom stereocenters. The van der Waals surface area contributed by atoms with Gasteiger partial charge in [-0.15, -0.1) is 0 Å². The first-order valence-electron chi connectivity index (χ1n) is 10.6. The first kappa shape index (κ1) is 26.1. The van der Waals surface area contributed by atoms with Crippen LogP contribution < -0.4 is 10.6 Å². The van der Waals surface area contributed by atoms with E-state index >= 15 is 0 Å². The van der Waals surface area contributed by atoms with Gasteiger partial charge in [-0.1, -0.05) is 35.3 Å². The molecule has 2 rings (SSSR count). The Bertz CT molecular complexity index is 1010. The fraction of sp³-hybridized carbons (Fsp3) is 0.333. The van der Waals surface area contributed by atoms with E-state index in [1.54, 1.807) is 30.3 Å². The van der Waals surface area contributed by atoms with E-state index in [0.29, 0.717) is 23.5 Å². The van der Waals surface area contributed by atoms with Crippen LogP contribution in [0.5, 0.6) is 0 Å². The highest BCUT2D eigenvalue weighted by molar-refractivity contribution is 9.10. The Balaban J connectivity index is 1.73. The zero-order chi connectivity index (χ0) is 24.2. The highest BCUT2D eigenvalue weighted by Crippen LogP contribution is 2.20. The molecule has 176 valence electrons. The molecule has 0 aliphatic heterocycles. The van der Waals surface area contributed by atoms with Crippen LogP contribution in [0, 0.1) is 6.92 Å². The van der Waals surface area contributed by atoms with Gasteiger partial charge in [0.25, 0.3) is 5.91 Å². The van der Waals surface area contributed by atoms with Crippen LogP contribution in [0.2, 0.25) is 0 Å². The lowest BCUT2D eigenvalue weighted by molar-refractivity contribution is -0.147. The Morgan fingerprint density at radius 1 is 0.939 bits per heavy atom. The highest BCUT2D eigenvalue weighted by atomic mass is 79.9. The smallest absolute Gasteiger partial charge is 0.338 e. The van der Waals surface area contributed by atoms with Crippen molar-refractivity contribution in [3.05, 3.63) is 58.1 Å². The molecule has 0 aliphatic carbocycles. The molecule has 0 aromatic heterocycles. The van der Waals surface area contributed by atoms with E-state index in [0.717, 1.165) is 22.9 Å². The molecule has 2 N–H and O–H groups in total. The summed E-state index contributed by atoms with van der Waals surface area (Å²) in [5, 5.41) is 5.30. The third-order valence-corrected chi connectivity index (χ3v) is 4.99. The summed E-state index contributed by atoms with van der Waals surface area (Å²) in [6.07, 6.45) is 1.39. The lowest BCUT2D eigenvalue weighted by atomic mass is 10.2. The van der Waals surface area contributed by atoms with E-state index < -0.39 is 30.4 Å². The zero-order valence-electron chi connectivity index (χ0n) is 18.6. The van der Waals surface area contributed by atoms with Crippen molar-refractivity contribution in [2.24, 2.45) is 0 Å². The Morgan fingerprint density at radius 2 is 1.73 bits per heavy atom. The number of amides is 2. The number of aryl methyl sites for hydroxylation is 1. The van der Waals surface area contributed by atoms with E-state index in [1.807, 2.05) is 19.9 Å². The number of anilines is 2. The number of rotatable bonds is 11. The number of nitrogens with one attached hydrogen (secondary N) is 2. The maximum absolute atomic E-state index is 12.1. The van der Waals surface area contributed by atoms with E-state index in [4.69, 9.17) is 9.47 Å². The second-order valence-electron chi connectivity index (χ2n) is 7.29. The van der Waals surface area contributed by atoms with Gasteiger partial charge >= 0.3 is 11.9 Å². The maximum Gasteiger partial charge on any atom is 0.338 e. The van der Waals surface area contributed by atoms with Gasteiger partial charge in [-0.05, 0) is 55.3 Å². The number of carbonyl (C=O) groups excluding carboxylic acids is 4. The van der Waals surface area contributed by atoms with Gasteiger partial charge < -0.3 is 20.1 Å². The molecule has 0 saturated heterocycles. The van der Waals surface area contributed by atoms with Crippen molar-refractivity contribution in [2.75, 3.05) is 23.8 Å². The number of carbonyl (C=O) groups is 4. The third-order valence-electron chi connectivity index (χ3n) is 4.50. The molecular weight excluding hydrogens is 492 g/mol. The van der Waals surface area contributed by atoms with E-state index in [9.17, 15) is 19.2 Å². The Morgan fingerprint density at radius 3 is 2.45 bits per heavy atom. The topological polar surface area (TPSA) is 111 Å². The number of ether oxygens (including phenoxy) is 2. The summed E-state index contributed by atoms with van der Waals surface area (Å²) in [4.78, 5) is 48.0. The van der Waals surface area contributed by atoms with Crippen molar-refractivity contribution >= 4 is 51.1 Å². The van der Waals surface area contributed by atoms with Crippen LogP contribution in [0.15, 0.2) is 46.9 Å². The molecule has 8 nitrogen and oxygen atoms in total. The van der Waals surface area contributed by atoms with Gasteiger partial charge in [-0.3, -0.25) is 14.4 Å². The molecule has 0 unspecified atom stereocenters. The fourth-order valence-corrected chi connectivity index (χ4v) is 3.20. The average molecular weight is 519 g/mol. The summed E-state index contributed by atoms with van der Waals surface area (Å²) in [7, 11) is 0. The van der Waals surface area contributed by atoms with Gasteiger partial charge in [-0.2, -0.15) is 0 Å². The first-order valence-corrected chi connectivity index (χ1v) is 11.4. The number of unbranched alkanes of at least 4 members (excludes halogenated alkanes) is 1. The van der Waals surface area contributed by atoms with Gasteiger partial charge in [-0.25, -0.2) is 4.79 Å². The van der Waals surface area contributed by atoms with Crippen LogP contribution in [0.4, 0.5) is 11.4 Å². The van der Waals surface area contributed by atoms with E-state index in [2.05, 4.69) is 26.6 Å². The molecule has 0 radical (unpaired) electrons. The molecule has 9 heteroatoms. The molecule has 0 bridgehead atoms. The molecule has 0 spiro atoms. The van der Waals surface area contributed by atoms with Crippen molar-refractivity contribution in [1.29, 1.82) is 0 Å². The Kier molecular flexibility index (Phi) is 10.6. The SMILES string of the molecule is CCCCOC(=O)c1cccc(NC(=O)CCC(=O)OCC(=O)Nc2ccc(Br)cc2C)c1. The van der Waals surface area contributed by atoms with Crippen molar-refractivity contribution in [1.82, 2.24) is 0 Å². The van der Waals surface area contributed by atoms with Crippen molar-refractivity contribution < 1.29 is 28.7 Å². The van der Waals surface area contributed by atoms with Crippen molar-refractivity contribution in [3.63, 3.8) is 0 Å². The molecule has 2 amide bonds. The van der Waals surface area contributed by atoms with Crippen LogP contribution in [0.3, 0.4) is 0 Å². The number of hydrogen-bond donors (Lipinski definition) is 2. The second-order valence-corrected chi connectivity index (χ2v) is 8.20. The number of hydrogen-bond acceptors (Lipinski definition) is 6. The van der Waals surface area contributed by atoms with E-state index in [-0.39, 0.29) is 12.8 Å². The molecular formula is C24H27BrN2O6. The minimum Gasteiger partial charge on any atom is -0.462 e. The first-order chi connectivity index (χ1) is 15.8. The highest BCUT2D eigenvalue weighted by Gasteiger charge is 2.13. The standard InChI is InChI=1S/C24H27BrN2O6/c1-3-4-12-32-24(31)17-6-5-7-19(14-17)26-21(28)10-11-23(30)33-15-22(29)27-20-9-8-18(25)13-16(20)2/h5-9,13-14H,3-4,10-12,15H2,1-2H3,(H,26,28)(H,27,29). The molecule has 0 aliphatic rings. The van der Waals surface area contributed by atoms with Gasteiger partial charge in [0, 0.05) is 22.3 Å². The molecule has 0 fully saturated rings. The summed E-state index contributed by atoms with van der Waals surface area (Å²) in [6, 6.07) is 11.8. The van der Waals surface area contributed by atoms with Gasteiger partial charge in [0.1, 0.15) is 0 Å². The summed E-state index contributed by atoms with van der Waals surface area (Å²) < 4.78 is 11.0. The monoisotopic (exact) mass is 518 g/mol. The van der Waals surface area contributed by atoms with E-state index in [1.165, 1.54) is 6.07 Å². The molecule has 0 saturated carbocycles. The molecule has 0 heterocycles. The number of benzene rings is 2. The largest absolute Gasteiger partial charge is 0.462 e. The summed E-state index contributed by atoms with van der Waals surface area (Å²) in [5.41, 5.74) is 2.23.